The molecule has 2 heterocycles. The van der Waals surface area contributed by atoms with Gasteiger partial charge in [-0.3, -0.25) is 0 Å². The van der Waals surface area contributed by atoms with Gasteiger partial charge in [-0.15, -0.1) is 11.8 Å². The lowest BCUT2D eigenvalue weighted by atomic mass is 10.3. The maximum atomic E-state index is 6.01. The molecule has 1 aromatic heterocycles. The van der Waals surface area contributed by atoms with Crippen LogP contribution in [-0.2, 0) is 11.2 Å². The molecule has 94 valence electrons. The minimum atomic E-state index is 0.295. The SMILES string of the molecule is CCCc1nc(Cl)cc(SC2CCOC2C)n1. The highest BCUT2D eigenvalue weighted by molar-refractivity contribution is 7.99. The summed E-state index contributed by atoms with van der Waals surface area (Å²) in [5.74, 6) is 0.842. The van der Waals surface area contributed by atoms with Crippen molar-refractivity contribution in [2.45, 2.75) is 49.5 Å². The van der Waals surface area contributed by atoms with Gasteiger partial charge < -0.3 is 4.74 Å². The Bertz CT molecular complexity index is 389. The fourth-order valence-electron chi connectivity index (χ4n) is 1.86. The normalized spacial score (nSPS) is 24.2. The van der Waals surface area contributed by atoms with Gasteiger partial charge >= 0.3 is 0 Å². The molecule has 1 fully saturated rings. The van der Waals surface area contributed by atoms with E-state index < -0.39 is 0 Å². The van der Waals surface area contributed by atoms with Crippen LogP contribution in [0.1, 0.15) is 32.5 Å². The van der Waals surface area contributed by atoms with Crippen LogP contribution in [0.5, 0.6) is 0 Å². The number of rotatable bonds is 4. The second kappa shape index (κ2) is 6.03. The van der Waals surface area contributed by atoms with Crippen LogP contribution in [0.4, 0.5) is 0 Å². The summed E-state index contributed by atoms with van der Waals surface area (Å²) in [7, 11) is 0. The molecule has 2 atom stereocenters. The first kappa shape index (κ1) is 13.1. The van der Waals surface area contributed by atoms with E-state index >= 15 is 0 Å². The molecule has 1 saturated heterocycles. The Balaban J connectivity index is 2.09. The van der Waals surface area contributed by atoms with Crippen molar-refractivity contribution in [3.8, 4) is 0 Å². The first-order chi connectivity index (χ1) is 8.19. The molecular formula is C12H17ClN2OS. The van der Waals surface area contributed by atoms with Gasteiger partial charge in [-0.05, 0) is 19.8 Å². The largest absolute Gasteiger partial charge is 0.377 e. The molecule has 0 amide bonds. The highest BCUT2D eigenvalue weighted by Crippen LogP contribution is 2.32. The van der Waals surface area contributed by atoms with Gasteiger partial charge in [-0.1, -0.05) is 18.5 Å². The van der Waals surface area contributed by atoms with E-state index in [4.69, 9.17) is 16.3 Å². The van der Waals surface area contributed by atoms with E-state index in [1.54, 1.807) is 11.8 Å². The molecule has 0 aromatic carbocycles. The molecule has 3 nitrogen and oxygen atoms in total. The van der Waals surface area contributed by atoms with Crippen molar-refractivity contribution in [1.29, 1.82) is 0 Å². The van der Waals surface area contributed by atoms with Crippen molar-refractivity contribution >= 4 is 23.4 Å². The smallest absolute Gasteiger partial charge is 0.133 e. The molecule has 0 aliphatic carbocycles. The summed E-state index contributed by atoms with van der Waals surface area (Å²) in [6.07, 6.45) is 3.29. The van der Waals surface area contributed by atoms with Crippen molar-refractivity contribution in [3.05, 3.63) is 17.0 Å². The van der Waals surface area contributed by atoms with Crippen molar-refractivity contribution in [2.75, 3.05) is 6.61 Å². The molecular weight excluding hydrogens is 256 g/mol. The summed E-state index contributed by atoms with van der Waals surface area (Å²) in [6.45, 7) is 5.07. The van der Waals surface area contributed by atoms with Crippen LogP contribution in [0, 0.1) is 0 Å². The number of aryl methyl sites for hydroxylation is 1. The predicted molar refractivity (Wildman–Crippen MR) is 70.7 cm³/mol. The first-order valence-corrected chi connectivity index (χ1v) is 7.26. The number of thioether (sulfide) groups is 1. The maximum absolute atomic E-state index is 6.01. The maximum Gasteiger partial charge on any atom is 0.133 e. The highest BCUT2D eigenvalue weighted by atomic mass is 35.5. The molecule has 2 rings (SSSR count). The van der Waals surface area contributed by atoms with E-state index in [0.29, 0.717) is 16.5 Å². The zero-order valence-electron chi connectivity index (χ0n) is 10.1. The lowest BCUT2D eigenvalue weighted by Crippen LogP contribution is -2.13. The van der Waals surface area contributed by atoms with E-state index in [1.807, 2.05) is 6.07 Å². The second-order valence-corrected chi connectivity index (χ2v) is 5.86. The molecule has 1 aliphatic heterocycles. The quantitative estimate of drug-likeness (QED) is 0.788. The molecule has 0 radical (unpaired) electrons. The van der Waals surface area contributed by atoms with Gasteiger partial charge in [-0.2, -0.15) is 0 Å². The Kier molecular flexibility index (Phi) is 4.65. The molecule has 0 saturated carbocycles. The van der Waals surface area contributed by atoms with Gasteiger partial charge in [0.15, 0.2) is 0 Å². The minimum Gasteiger partial charge on any atom is -0.377 e. The Hall–Kier alpha value is -0.320. The zero-order chi connectivity index (χ0) is 12.3. The second-order valence-electron chi connectivity index (χ2n) is 4.22. The summed E-state index contributed by atoms with van der Waals surface area (Å²) in [5.41, 5.74) is 0. The minimum absolute atomic E-state index is 0.295. The van der Waals surface area contributed by atoms with E-state index in [9.17, 15) is 0 Å². The standard InChI is InChI=1S/C12H17ClN2OS/c1-3-4-11-14-10(13)7-12(15-11)17-9-5-6-16-8(9)2/h7-9H,3-6H2,1-2H3. The number of halogens is 1. The van der Waals surface area contributed by atoms with Gasteiger partial charge in [0.05, 0.1) is 6.10 Å². The van der Waals surface area contributed by atoms with Crippen LogP contribution >= 0.6 is 23.4 Å². The molecule has 1 aromatic rings. The average Bonchev–Trinajstić information content (AvgIpc) is 2.64. The first-order valence-electron chi connectivity index (χ1n) is 6.00. The van der Waals surface area contributed by atoms with E-state index in [0.717, 1.165) is 36.7 Å². The van der Waals surface area contributed by atoms with Crippen LogP contribution in [-0.4, -0.2) is 27.9 Å². The summed E-state index contributed by atoms with van der Waals surface area (Å²) < 4.78 is 5.55. The Morgan fingerprint density at radius 1 is 1.53 bits per heavy atom. The summed E-state index contributed by atoms with van der Waals surface area (Å²) in [4.78, 5) is 8.76. The van der Waals surface area contributed by atoms with Gasteiger partial charge in [0, 0.05) is 24.3 Å². The Morgan fingerprint density at radius 3 is 3.00 bits per heavy atom. The topological polar surface area (TPSA) is 35.0 Å². The third-order valence-corrected chi connectivity index (χ3v) is 4.34. The third-order valence-electron chi connectivity index (χ3n) is 2.77. The summed E-state index contributed by atoms with van der Waals surface area (Å²) in [6, 6.07) is 1.84. The fraction of sp³-hybridized carbons (Fsp3) is 0.667. The van der Waals surface area contributed by atoms with Crippen LogP contribution in [0.2, 0.25) is 5.15 Å². The summed E-state index contributed by atoms with van der Waals surface area (Å²) in [5, 5.41) is 1.99. The third kappa shape index (κ3) is 3.57. The molecule has 0 bridgehead atoms. The highest BCUT2D eigenvalue weighted by Gasteiger charge is 2.25. The van der Waals surface area contributed by atoms with E-state index in [1.165, 1.54) is 0 Å². The number of nitrogens with zero attached hydrogens (tertiary/aromatic N) is 2. The molecule has 0 spiro atoms. The number of hydrogen-bond acceptors (Lipinski definition) is 4. The summed E-state index contributed by atoms with van der Waals surface area (Å²) >= 11 is 7.76. The van der Waals surface area contributed by atoms with E-state index in [2.05, 4.69) is 23.8 Å². The number of ether oxygens (including phenoxy) is 1. The molecule has 17 heavy (non-hydrogen) atoms. The number of hydrogen-bond donors (Lipinski definition) is 0. The molecule has 0 N–H and O–H groups in total. The zero-order valence-corrected chi connectivity index (χ0v) is 11.7. The Morgan fingerprint density at radius 2 is 2.35 bits per heavy atom. The molecule has 2 unspecified atom stereocenters. The van der Waals surface area contributed by atoms with Gasteiger partial charge in [0.2, 0.25) is 0 Å². The van der Waals surface area contributed by atoms with Crippen molar-refractivity contribution < 1.29 is 4.74 Å². The van der Waals surface area contributed by atoms with Crippen molar-refractivity contribution in [2.24, 2.45) is 0 Å². The lowest BCUT2D eigenvalue weighted by molar-refractivity contribution is 0.127. The number of aromatic nitrogens is 2. The fourth-order valence-corrected chi connectivity index (χ4v) is 3.26. The van der Waals surface area contributed by atoms with Gasteiger partial charge in [0.25, 0.3) is 0 Å². The van der Waals surface area contributed by atoms with Crippen LogP contribution in [0.3, 0.4) is 0 Å². The lowest BCUT2D eigenvalue weighted by Gasteiger charge is -2.13. The van der Waals surface area contributed by atoms with Gasteiger partial charge in [0.1, 0.15) is 16.0 Å². The Labute approximate surface area is 111 Å². The van der Waals surface area contributed by atoms with Gasteiger partial charge in [-0.25, -0.2) is 9.97 Å². The van der Waals surface area contributed by atoms with Crippen molar-refractivity contribution in [3.63, 3.8) is 0 Å². The van der Waals surface area contributed by atoms with Crippen LogP contribution in [0.25, 0.3) is 0 Å². The van der Waals surface area contributed by atoms with Crippen LogP contribution < -0.4 is 0 Å². The van der Waals surface area contributed by atoms with E-state index in [-0.39, 0.29) is 0 Å². The van der Waals surface area contributed by atoms with Crippen LogP contribution in [0.15, 0.2) is 11.1 Å². The van der Waals surface area contributed by atoms with Crippen molar-refractivity contribution in [1.82, 2.24) is 9.97 Å². The average molecular weight is 273 g/mol. The molecule has 1 aliphatic rings. The predicted octanol–water partition coefficient (Wildman–Crippen LogP) is 3.35. The monoisotopic (exact) mass is 272 g/mol. The molecule has 5 heteroatoms.